The number of rotatable bonds is 4. The van der Waals surface area contributed by atoms with Crippen molar-refractivity contribution >= 4 is 5.69 Å². The number of nitrogens with two attached hydrogens (primary N) is 1. The van der Waals surface area contributed by atoms with Crippen molar-refractivity contribution in [2.75, 3.05) is 11.9 Å². The molecule has 0 radical (unpaired) electrons. The monoisotopic (exact) mass is 254 g/mol. The molecule has 2 nitrogen and oxygen atoms in total. The average Bonchev–Trinajstić information content (AvgIpc) is 2.41. The molecule has 100 valence electrons. The van der Waals surface area contributed by atoms with E-state index < -0.39 is 0 Å². The van der Waals surface area contributed by atoms with E-state index in [1.165, 1.54) is 22.4 Å². The Kier molecular flexibility index (Phi) is 4.23. The maximum Gasteiger partial charge on any atom is 0.0428 e. The van der Waals surface area contributed by atoms with E-state index in [0.29, 0.717) is 0 Å². The van der Waals surface area contributed by atoms with Gasteiger partial charge in [0.2, 0.25) is 0 Å². The Bertz CT molecular complexity index is 546. The number of nitrogens with zero attached hydrogens (tertiary/aromatic N) is 1. The van der Waals surface area contributed by atoms with Gasteiger partial charge >= 0.3 is 0 Å². The first-order chi connectivity index (χ1) is 9.09. The molecule has 2 heteroatoms. The summed E-state index contributed by atoms with van der Waals surface area (Å²) in [6, 6.07) is 16.9. The second kappa shape index (κ2) is 5.89. The topological polar surface area (TPSA) is 29.3 Å². The van der Waals surface area contributed by atoms with Crippen molar-refractivity contribution < 1.29 is 0 Å². The molecule has 0 saturated heterocycles. The smallest absolute Gasteiger partial charge is 0.0428 e. The number of aryl methyl sites for hydroxylation is 1. The fourth-order valence-electron chi connectivity index (χ4n) is 2.35. The van der Waals surface area contributed by atoms with E-state index >= 15 is 0 Å². The SMILES string of the molecule is Cc1ccccc1CN(C)c1ccccc1C(C)N. The van der Waals surface area contributed by atoms with Crippen LogP contribution in [0.3, 0.4) is 0 Å². The van der Waals surface area contributed by atoms with Gasteiger partial charge < -0.3 is 10.6 Å². The van der Waals surface area contributed by atoms with E-state index in [4.69, 9.17) is 5.73 Å². The van der Waals surface area contributed by atoms with Crippen molar-refractivity contribution in [3.63, 3.8) is 0 Å². The highest BCUT2D eigenvalue weighted by atomic mass is 15.1. The lowest BCUT2D eigenvalue weighted by Gasteiger charge is -2.24. The van der Waals surface area contributed by atoms with Crippen molar-refractivity contribution in [2.24, 2.45) is 5.73 Å². The quantitative estimate of drug-likeness (QED) is 0.902. The van der Waals surface area contributed by atoms with Crippen LogP contribution in [0.4, 0.5) is 5.69 Å². The molecule has 0 spiro atoms. The Morgan fingerprint density at radius 3 is 2.37 bits per heavy atom. The van der Waals surface area contributed by atoms with Crippen LogP contribution in [0.25, 0.3) is 0 Å². The van der Waals surface area contributed by atoms with Crippen molar-refractivity contribution in [1.82, 2.24) is 0 Å². The molecule has 0 aliphatic heterocycles. The van der Waals surface area contributed by atoms with E-state index in [9.17, 15) is 0 Å². The molecule has 0 aliphatic carbocycles. The van der Waals surface area contributed by atoms with Crippen molar-refractivity contribution in [3.8, 4) is 0 Å². The number of para-hydroxylation sites is 1. The Hall–Kier alpha value is -1.80. The minimum Gasteiger partial charge on any atom is -0.370 e. The zero-order valence-corrected chi connectivity index (χ0v) is 11.9. The summed E-state index contributed by atoms with van der Waals surface area (Å²) in [6.45, 7) is 5.08. The van der Waals surface area contributed by atoms with Gasteiger partial charge in [0.1, 0.15) is 0 Å². The van der Waals surface area contributed by atoms with Crippen molar-refractivity contribution in [3.05, 3.63) is 65.2 Å². The third-order valence-electron chi connectivity index (χ3n) is 3.51. The lowest BCUT2D eigenvalue weighted by molar-refractivity contribution is 0.800. The molecule has 2 rings (SSSR count). The first kappa shape index (κ1) is 13.6. The van der Waals surface area contributed by atoms with Crippen LogP contribution in [-0.4, -0.2) is 7.05 Å². The second-order valence-electron chi connectivity index (χ2n) is 5.13. The van der Waals surface area contributed by atoms with Gasteiger partial charge in [-0.2, -0.15) is 0 Å². The third-order valence-corrected chi connectivity index (χ3v) is 3.51. The standard InChI is InChI=1S/C17H22N2/c1-13-8-4-5-9-15(13)12-19(3)17-11-7-6-10-16(17)14(2)18/h4-11,14H,12,18H2,1-3H3. The first-order valence-corrected chi connectivity index (χ1v) is 6.69. The molecule has 19 heavy (non-hydrogen) atoms. The summed E-state index contributed by atoms with van der Waals surface area (Å²) in [5, 5.41) is 0. The lowest BCUT2D eigenvalue weighted by atomic mass is 10.0. The minimum atomic E-state index is 0.0514. The molecule has 0 bridgehead atoms. The molecule has 2 N–H and O–H groups in total. The van der Waals surface area contributed by atoms with E-state index in [2.05, 4.69) is 61.3 Å². The van der Waals surface area contributed by atoms with Gasteiger partial charge in [-0.3, -0.25) is 0 Å². The van der Waals surface area contributed by atoms with Crippen LogP contribution in [0.5, 0.6) is 0 Å². The molecule has 0 heterocycles. The minimum absolute atomic E-state index is 0.0514. The van der Waals surface area contributed by atoms with Crippen LogP contribution in [0.2, 0.25) is 0 Å². The summed E-state index contributed by atoms with van der Waals surface area (Å²) in [4.78, 5) is 2.26. The van der Waals surface area contributed by atoms with Gasteiger partial charge in [-0.05, 0) is 36.6 Å². The van der Waals surface area contributed by atoms with Gasteiger partial charge in [0, 0.05) is 25.3 Å². The van der Waals surface area contributed by atoms with Gasteiger partial charge in [0.15, 0.2) is 0 Å². The van der Waals surface area contributed by atoms with Gasteiger partial charge in [0.05, 0.1) is 0 Å². The zero-order valence-electron chi connectivity index (χ0n) is 11.9. The number of benzene rings is 2. The van der Waals surface area contributed by atoms with Crippen LogP contribution >= 0.6 is 0 Å². The molecule has 1 atom stereocenters. The molecule has 1 unspecified atom stereocenters. The van der Waals surface area contributed by atoms with Gasteiger partial charge in [-0.15, -0.1) is 0 Å². The fraction of sp³-hybridized carbons (Fsp3) is 0.294. The van der Waals surface area contributed by atoms with Crippen molar-refractivity contribution in [2.45, 2.75) is 26.4 Å². The van der Waals surface area contributed by atoms with Crippen LogP contribution in [-0.2, 0) is 6.54 Å². The molecular weight excluding hydrogens is 232 g/mol. The summed E-state index contributed by atoms with van der Waals surface area (Å²) >= 11 is 0. The summed E-state index contributed by atoms with van der Waals surface area (Å²) < 4.78 is 0. The molecule has 0 saturated carbocycles. The highest BCUT2D eigenvalue weighted by Gasteiger charge is 2.10. The summed E-state index contributed by atoms with van der Waals surface area (Å²) in [5.41, 5.74) is 11.1. The summed E-state index contributed by atoms with van der Waals surface area (Å²) in [7, 11) is 2.12. The first-order valence-electron chi connectivity index (χ1n) is 6.69. The molecule has 0 fully saturated rings. The second-order valence-corrected chi connectivity index (χ2v) is 5.13. The zero-order chi connectivity index (χ0) is 13.8. The molecule has 0 aliphatic rings. The molecule has 2 aromatic rings. The number of hydrogen-bond donors (Lipinski definition) is 1. The van der Waals surface area contributed by atoms with Crippen LogP contribution in [0, 0.1) is 6.92 Å². The predicted octanol–water partition coefficient (Wildman–Crippen LogP) is 3.65. The maximum absolute atomic E-state index is 6.05. The Morgan fingerprint density at radius 2 is 1.68 bits per heavy atom. The average molecular weight is 254 g/mol. The van der Waals surface area contributed by atoms with Crippen LogP contribution in [0.1, 0.15) is 29.7 Å². The van der Waals surface area contributed by atoms with Crippen molar-refractivity contribution in [1.29, 1.82) is 0 Å². The Labute approximate surface area is 115 Å². The molecule has 2 aromatic carbocycles. The lowest BCUT2D eigenvalue weighted by Crippen LogP contribution is -2.20. The Balaban J connectivity index is 2.26. The maximum atomic E-state index is 6.05. The van der Waals surface area contributed by atoms with E-state index in [1.54, 1.807) is 0 Å². The third kappa shape index (κ3) is 3.15. The summed E-state index contributed by atoms with van der Waals surface area (Å²) in [5.74, 6) is 0. The van der Waals surface area contributed by atoms with Crippen LogP contribution in [0.15, 0.2) is 48.5 Å². The van der Waals surface area contributed by atoms with E-state index in [-0.39, 0.29) is 6.04 Å². The molecule has 0 amide bonds. The van der Waals surface area contributed by atoms with Gasteiger partial charge in [-0.25, -0.2) is 0 Å². The Morgan fingerprint density at radius 1 is 1.05 bits per heavy atom. The van der Waals surface area contributed by atoms with E-state index in [0.717, 1.165) is 6.54 Å². The van der Waals surface area contributed by atoms with Gasteiger partial charge in [-0.1, -0.05) is 42.5 Å². The fourth-order valence-corrected chi connectivity index (χ4v) is 2.35. The number of hydrogen-bond acceptors (Lipinski definition) is 2. The largest absolute Gasteiger partial charge is 0.370 e. The highest BCUT2D eigenvalue weighted by Crippen LogP contribution is 2.25. The molecule has 0 aromatic heterocycles. The van der Waals surface area contributed by atoms with Crippen LogP contribution < -0.4 is 10.6 Å². The summed E-state index contributed by atoms with van der Waals surface area (Å²) in [6.07, 6.45) is 0. The highest BCUT2D eigenvalue weighted by molar-refractivity contribution is 5.54. The normalized spacial score (nSPS) is 12.2. The number of anilines is 1. The van der Waals surface area contributed by atoms with Gasteiger partial charge in [0.25, 0.3) is 0 Å². The predicted molar refractivity (Wildman–Crippen MR) is 82.3 cm³/mol. The van der Waals surface area contributed by atoms with E-state index in [1.807, 2.05) is 13.0 Å². The molecular formula is C17H22N2.